The number of H-pyrrole nitrogens is 1. The van der Waals surface area contributed by atoms with Crippen LogP contribution in [0.4, 0.5) is 0 Å². The molecule has 0 bridgehead atoms. The van der Waals surface area contributed by atoms with E-state index in [1.807, 2.05) is 0 Å². The Bertz CT molecular complexity index is 431. The predicted molar refractivity (Wildman–Crippen MR) is 54.1 cm³/mol. The molecule has 1 aromatic heterocycles. The third-order valence-corrected chi connectivity index (χ3v) is 2.76. The van der Waals surface area contributed by atoms with Crippen LogP contribution in [0, 0.1) is 6.92 Å². The molecule has 1 aliphatic carbocycles. The van der Waals surface area contributed by atoms with Crippen molar-refractivity contribution in [3.05, 3.63) is 22.5 Å². The van der Waals surface area contributed by atoms with E-state index in [2.05, 4.69) is 9.72 Å². The van der Waals surface area contributed by atoms with Gasteiger partial charge < -0.3 is 9.72 Å². The van der Waals surface area contributed by atoms with E-state index in [1.54, 1.807) is 6.92 Å². The highest BCUT2D eigenvalue weighted by molar-refractivity contribution is 6.08. The summed E-state index contributed by atoms with van der Waals surface area (Å²) in [5.74, 6) is -0.388. The quantitative estimate of drug-likeness (QED) is 0.712. The van der Waals surface area contributed by atoms with Crippen LogP contribution in [-0.2, 0) is 11.2 Å². The number of hydrogen-bond donors (Lipinski definition) is 1. The molecule has 0 aromatic carbocycles. The fraction of sp³-hybridized carbons (Fsp3) is 0.455. The highest BCUT2D eigenvalue weighted by atomic mass is 16.5. The summed E-state index contributed by atoms with van der Waals surface area (Å²) in [6.45, 7) is 1.79. The normalized spacial score (nSPS) is 14.9. The van der Waals surface area contributed by atoms with Crippen molar-refractivity contribution in [2.75, 3.05) is 7.11 Å². The van der Waals surface area contributed by atoms with Gasteiger partial charge in [0.15, 0.2) is 5.78 Å². The summed E-state index contributed by atoms with van der Waals surface area (Å²) in [5.41, 5.74) is 2.56. The van der Waals surface area contributed by atoms with Crippen LogP contribution in [0.15, 0.2) is 0 Å². The molecule has 1 aliphatic rings. The highest BCUT2D eigenvalue weighted by Crippen LogP contribution is 2.27. The molecule has 15 heavy (non-hydrogen) atoms. The summed E-state index contributed by atoms with van der Waals surface area (Å²) < 4.78 is 4.68. The molecule has 0 amide bonds. The molecule has 0 radical (unpaired) electrons. The van der Waals surface area contributed by atoms with Gasteiger partial charge in [-0.1, -0.05) is 0 Å². The van der Waals surface area contributed by atoms with Crippen LogP contribution in [0.1, 0.15) is 44.9 Å². The molecule has 0 saturated carbocycles. The number of aromatic nitrogens is 1. The van der Waals surface area contributed by atoms with E-state index in [1.165, 1.54) is 7.11 Å². The maximum absolute atomic E-state index is 11.7. The van der Waals surface area contributed by atoms with Crippen molar-refractivity contribution in [1.29, 1.82) is 0 Å². The van der Waals surface area contributed by atoms with Crippen LogP contribution in [0.5, 0.6) is 0 Å². The highest BCUT2D eigenvalue weighted by Gasteiger charge is 2.28. The summed E-state index contributed by atoms with van der Waals surface area (Å²) in [5, 5.41) is 0. The van der Waals surface area contributed by atoms with E-state index in [-0.39, 0.29) is 5.78 Å². The topological polar surface area (TPSA) is 59.2 Å². The van der Waals surface area contributed by atoms with Gasteiger partial charge in [0, 0.05) is 17.8 Å². The zero-order valence-corrected chi connectivity index (χ0v) is 8.85. The number of nitrogens with one attached hydrogen (secondary N) is 1. The van der Waals surface area contributed by atoms with Gasteiger partial charge in [0.05, 0.1) is 18.2 Å². The van der Waals surface area contributed by atoms with E-state index >= 15 is 0 Å². The Morgan fingerprint density at radius 1 is 1.40 bits per heavy atom. The maximum atomic E-state index is 11.7. The Labute approximate surface area is 87.6 Å². The summed E-state index contributed by atoms with van der Waals surface area (Å²) in [6.07, 6.45) is 2.21. The first-order chi connectivity index (χ1) is 7.15. The first-order valence-corrected chi connectivity index (χ1v) is 4.98. The van der Waals surface area contributed by atoms with Gasteiger partial charge in [-0.15, -0.1) is 0 Å². The molecular weight excluding hydrogens is 194 g/mol. The SMILES string of the molecule is COC(=O)c1c(C)[nH]c2c1C(=O)CCC2. The minimum absolute atomic E-state index is 0.0426. The van der Waals surface area contributed by atoms with Gasteiger partial charge in [-0.25, -0.2) is 4.79 Å². The van der Waals surface area contributed by atoms with Crippen molar-refractivity contribution in [1.82, 2.24) is 4.98 Å². The second kappa shape index (κ2) is 3.53. The molecular formula is C11H13NO3. The largest absolute Gasteiger partial charge is 0.465 e. The van der Waals surface area contributed by atoms with E-state index in [4.69, 9.17) is 0 Å². The maximum Gasteiger partial charge on any atom is 0.340 e. The lowest BCUT2D eigenvalue weighted by molar-refractivity contribution is 0.0596. The fourth-order valence-electron chi connectivity index (χ4n) is 2.09. The van der Waals surface area contributed by atoms with Gasteiger partial charge in [0.1, 0.15) is 0 Å². The summed E-state index contributed by atoms with van der Waals surface area (Å²) in [4.78, 5) is 26.3. The van der Waals surface area contributed by atoms with Crippen molar-refractivity contribution >= 4 is 11.8 Å². The lowest BCUT2D eigenvalue weighted by Crippen LogP contribution is -2.14. The molecule has 0 fully saturated rings. The van der Waals surface area contributed by atoms with E-state index in [9.17, 15) is 9.59 Å². The zero-order valence-electron chi connectivity index (χ0n) is 8.85. The summed E-state index contributed by atoms with van der Waals surface area (Å²) in [7, 11) is 1.33. The Kier molecular flexibility index (Phi) is 2.34. The van der Waals surface area contributed by atoms with Crippen molar-refractivity contribution in [3.8, 4) is 0 Å². The number of fused-ring (bicyclic) bond motifs is 1. The second-order valence-electron chi connectivity index (χ2n) is 3.75. The van der Waals surface area contributed by atoms with Gasteiger partial charge in [0.25, 0.3) is 0 Å². The fourth-order valence-corrected chi connectivity index (χ4v) is 2.09. The molecule has 4 nitrogen and oxygen atoms in total. The number of ether oxygens (including phenoxy) is 1. The number of carbonyl (C=O) groups excluding carboxylic acids is 2. The number of carbonyl (C=O) groups is 2. The number of Topliss-reactive ketones (excluding diaryl/α,β-unsaturated/α-hetero) is 1. The average Bonchev–Trinajstić information content (AvgIpc) is 2.55. The van der Waals surface area contributed by atoms with E-state index in [0.717, 1.165) is 24.2 Å². The number of hydrogen-bond acceptors (Lipinski definition) is 3. The molecule has 2 rings (SSSR count). The summed E-state index contributed by atoms with van der Waals surface area (Å²) >= 11 is 0. The van der Waals surface area contributed by atoms with Crippen molar-refractivity contribution in [2.24, 2.45) is 0 Å². The standard InChI is InChI=1S/C11H13NO3/c1-6-9(11(14)15-2)10-7(12-6)4-3-5-8(10)13/h12H,3-5H2,1-2H3. The Morgan fingerprint density at radius 3 is 2.80 bits per heavy atom. The van der Waals surface area contributed by atoms with Gasteiger partial charge in [-0.05, 0) is 19.8 Å². The first-order valence-electron chi connectivity index (χ1n) is 4.98. The van der Waals surface area contributed by atoms with Gasteiger partial charge in [-0.2, -0.15) is 0 Å². The average molecular weight is 207 g/mol. The van der Waals surface area contributed by atoms with Crippen molar-refractivity contribution in [2.45, 2.75) is 26.2 Å². The third kappa shape index (κ3) is 1.46. The van der Waals surface area contributed by atoms with E-state index < -0.39 is 5.97 Å². The molecule has 0 atom stereocenters. The number of ketones is 1. The van der Waals surface area contributed by atoms with Crippen molar-refractivity contribution in [3.63, 3.8) is 0 Å². The Hall–Kier alpha value is -1.58. The summed E-state index contributed by atoms with van der Waals surface area (Å²) in [6, 6.07) is 0. The third-order valence-electron chi connectivity index (χ3n) is 2.76. The molecule has 80 valence electrons. The van der Waals surface area contributed by atoms with Crippen LogP contribution in [0.25, 0.3) is 0 Å². The van der Waals surface area contributed by atoms with Gasteiger partial charge >= 0.3 is 5.97 Å². The molecule has 0 unspecified atom stereocenters. The zero-order chi connectivity index (χ0) is 11.0. The molecule has 0 spiro atoms. The number of esters is 1. The van der Waals surface area contributed by atoms with E-state index in [0.29, 0.717) is 17.5 Å². The minimum atomic E-state index is -0.430. The number of rotatable bonds is 1. The molecule has 4 heteroatoms. The lowest BCUT2D eigenvalue weighted by atomic mass is 9.93. The number of aryl methyl sites for hydroxylation is 2. The Morgan fingerprint density at radius 2 is 2.13 bits per heavy atom. The lowest BCUT2D eigenvalue weighted by Gasteiger charge is -2.10. The molecule has 0 aliphatic heterocycles. The van der Waals surface area contributed by atoms with Crippen LogP contribution >= 0.6 is 0 Å². The first kappa shape index (κ1) is 9.96. The van der Waals surface area contributed by atoms with Crippen LogP contribution in [0.3, 0.4) is 0 Å². The number of methoxy groups -OCH3 is 1. The van der Waals surface area contributed by atoms with Gasteiger partial charge in [-0.3, -0.25) is 4.79 Å². The van der Waals surface area contributed by atoms with Crippen molar-refractivity contribution < 1.29 is 14.3 Å². The number of aromatic amines is 1. The molecule has 1 aromatic rings. The molecule has 1 N–H and O–H groups in total. The second-order valence-corrected chi connectivity index (χ2v) is 3.75. The van der Waals surface area contributed by atoms with Gasteiger partial charge in [0.2, 0.25) is 0 Å². The predicted octanol–water partition coefficient (Wildman–Crippen LogP) is 1.63. The van der Waals surface area contributed by atoms with Crippen LogP contribution in [0.2, 0.25) is 0 Å². The Balaban J connectivity index is 2.59. The smallest absolute Gasteiger partial charge is 0.340 e. The van der Waals surface area contributed by atoms with Crippen LogP contribution in [-0.4, -0.2) is 23.8 Å². The van der Waals surface area contributed by atoms with Crippen LogP contribution < -0.4 is 0 Å². The molecule has 1 heterocycles. The monoisotopic (exact) mass is 207 g/mol. The molecule has 0 saturated heterocycles. The minimum Gasteiger partial charge on any atom is -0.465 e.